The van der Waals surface area contributed by atoms with E-state index in [0.29, 0.717) is 63.5 Å². The molecule has 2 amide bonds. The summed E-state index contributed by atoms with van der Waals surface area (Å²) in [6.07, 6.45) is 1.62. The molecular formula is C26H30F2N2O4. The molecule has 6 nitrogen and oxygen atoms in total. The molecule has 182 valence electrons. The monoisotopic (exact) mass is 472 g/mol. The van der Waals surface area contributed by atoms with Gasteiger partial charge in [-0.15, -0.1) is 0 Å². The van der Waals surface area contributed by atoms with Crippen LogP contribution in [0.15, 0.2) is 42.5 Å². The number of ether oxygens (including phenoxy) is 2. The van der Waals surface area contributed by atoms with Crippen molar-refractivity contribution in [2.45, 2.75) is 26.2 Å². The predicted molar refractivity (Wildman–Crippen MR) is 123 cm³/mol. The van der Waals surface area contributed by atoms with Gasteiger partial charge in [0.25, 0.3) is 5.91 Å². The van der Waals surface area contributed by atoms with E-state index in [9.17, 15) is 18.4 Å². The third-order valence-corrected chi connectivity index (χ3v) is 6.62. The number of rotatable bonds is 6. The number of benzene rings is 2. The number of nitrogens with zero attached hydrogens (tertiary/aromatic N) is 2. The second kappa shape index (κ2) is 10.5. The number of amides is 2. The van der Waals surface area contributed by atoms with Crippen molar-refractivity contribution in [1.29, 1.82) is 0 Å². The van der Waals surface area contributed by atoms with Crippen LogP contribution in [-0.2, 0) is 9.53 Å². The predicted octanol–water partition coefficient (Wildman–Crippen LogP) is 3.82. The van der Waals surface area contributed by atoms with Crippen LogP contribution in [-0.4, -0.2) is 67.6 Å². The molecule has 0 aliphatic carbocycles. The van der Waals surface area contributed by atoms with E-state index in [4.69, 9.17) is 9.47 Å². The second-order valence-electron chi connectivity index (χ2n) is 9.21. The number of hydrogen-bond donors (Lipinski definition) is 0. The molecule has 0 bridgehead atoms. The van der Waals surface area contributed by atoms with E-state index in [2.05, 4.69) is 0 Å². The summed E-state index contributed by atoms with van der Waals surface area (Å²) in [5.74, 6) is -0.533. The Morgan fingerprint density at radius 1 is 1.03 bits per heavy atom. The van der Waals surface area contributed by atoms with Gasteiger partial charge in [-0.25, -0.2) is 8.78 Å². The average Bonchev–Trinajstić information content (AvgIpc) is 2.85. The van der Waals surface area contributed by atoms with Gasteiger partial charge in [0, 0.05) is 43.6 Å². The number of carbonyl (C=O) groups excluding carboxylic acids is 2. The van der Waals surface area contributed by atoms with Gasteiger partial charge in [0.1, 0.15) is 17.4 Å². The van der Waals surface area contributed by atoms with Gasteiger partial charge < -0.3 is 19.3 Å². The fourth-order valence-corrected chi connectivity index (χ4v) is 4.62. The molecule has 2 heterocycles. The number of carbonyl (C=O) groups is 2. The maximum absolute atomic E-state index is 14.1. The summed E-state index contributed by atoms with van der Waals surface area (Å²) in [5, 5.41) is 0. The van der Waals surface area contributed by atoms with Crippen LogP contribution in [0, 0.1) is 24.0 Å². The Kier molecular flexibility index (Phi) is 7.46. The first-order valence-corrected chi connectivity index (χ1v) is 11.6. The maximum Gasteiger partial charge on any atom is 0.253 e. The fourth-order valence-electron chi connectivity index (χ4n) is 4.62. The van der Waals surface area contributed by atoms with Crippen LogP contribution in [0.4, 0.5) is 8.78 Å². The minimum atomic E-state index is -0.610. The third-order valence-electron chi connectivity index (χ3n) is 6.62. The largest absolute Gasteiger partial charge is 0.493 e. The average molecular weight is 473 g/mol. The highest BCUT2D eigenvalue weighted by Crippen LogP contribution is 2.36. The lowest BCUT2D eigenvalue weighted by atomic mass is 9.77. The van der Waals surface area contributed by atoms with Gasteiger partial charge in [-0.2, -0.15) is 0 Å². The minimum Gasteiger partial charge on any atom is -0.493 e. The lowest BCUT2D eigenvalue weighted by Crippen LogP contribution is -2.52. The van der Waals surface area contributed by atoms with Crippen molar-refractivity contribution in [2.24, 2.45) is 5.41 Å². The first kappa shape index (κ1) is 24.1. The van der Waals surface area contributed by atoms with Crippen molar-refractivity contribution < 1.29 is 27.8 Å². The Morgan fingerprint density at radius 3 is 2.47 bits per heavy atom. The van der Waals surface area contributed by atoms with E-state index in [1.165, 1.54) is 18.2 Å². The molecule has 0 spiro atoms. The zero-order valence-corrected chi connectivity index (χ0v) is 19.4. The first-order chi connectivity index (χ1) is 16.3. The molecule has 2 saturated heterocycles. The van der Waals surface area contributed by atoms with Crippen molar-refractivity contribution in [3.63, 3.8) is 0 Å². The van der Waals surface area contributed by atoms with Gasteiger partial charge in [-0.1, -0.05) is 6.07 Å². The number of likely N-dealkylation sites (tertiary alicyclic amines) is 1. The Bertz CT molecular complexity index is 1020. The van der Waals surface area contributed by atoms with Crippen LogP contribution in [0.2, 0.25) is 0 Å². The number of aryl methyl sites for hydroxylation is 1. The quantitative estimate of drug-likeness (QED) is 0.642. The molecule has 2 fully saturated rings. The molecule has 0 saturated carbocycles. The zero-order chi connectivity index (χ0) is 24.1. The molecule has 0 N–H and O–H groups in total. The summed E-state index contributed by atoms with van der Waals surface area (Å²) < 4.78 is 38.8. The highest BCUT2D eigenvalue weighted by Gasteiger charge is 2.41. The summed E-state index contributed by atoms with van der Waals surface area (Å²) in [6.45, 7) is 4.80. The van der Waals surface area contributed by atoms with Crippen molar-refractivity contribution in [3.05, 3.63) is 65.2 Å². The normalized spacial score (nSPS) is 20.8. The number of hydrogen-bond acceptors (Lipinski definition) is 4. The lowest BCUT2D eigenvalue weighted by molar-refractivity contribution is -0.139. The topological polar surface area (TPSA) is 59.1 Å². The van der Waals surface area contributed by atoms with E-state index >= 15 is 0 Å². The molecular weight excluding hydrogens is 442 g/mol. The van der Waals surface area contributed by atoms with E-state index in [0.717, 1.165) is 0 Å². The molecule has 0 radical (unpaired) electrons. The molecule has 2 aromatic carbocycles. The summed E-state index contributed by atoms with van der Waals surface area (Å²) >= 11 is 0. The van der Waals surface area contributed by atoms with E-state index in [1.54, 1.807) is 41.0 Å². The molecule has 2 aromatic rings. The Balaban J connectivity index is 1.53. The number of morpholine rings is 1. The summed E-state index contributed by atoms with van der Waals surface area (Å²) in [7, 11) is 0. The highest BCUT2D eigenvalue weighted by molar-refractivity contribution is 5.94. The number of piperidine rings is 1. The summed E-state index contributed by atoms with van der Waals surface area (Å²) in [6, 6.07) is 10.2. The van der Waals surface area contributed by atoms with Crippen LogP contribution in [0.3, 0.4) is 0 Å². The summed E-state index contributed by atoms with van der Waals surface area (Å²) in [4.78, 5) is 29.9. The van der Waals surface area contributed by atoms with E-state index in [-0.39, 0.29) is 36.2 Å². The smallest absolute Gasteiger partial charge is 0.253 e. The fraction of sp³-hybridized carbons (Fsp3) is 0.462. The van der Waals surface area contributed by atoms with Crippen molar-refractivity contribution in [2.75, 3.05) is 46.0 Å². The SMILES string of the molecule is Cc1ccc(C(=O)N2CCC[C@](COc3ccc(F)cc3)(CC(=O)N3CCOCC3)C2)cc1F. The number of halogens is 2. The Morgan fingerprint density at radius 2 is 1.76 bits per heavy atom. The molecule has 2 aliphatic rings. The first-order valence-electron chi connectivity index (χ1n) is 11.6. The third kappa shape index (κ3) is 5.73. The second-order valence-corrected chi connectivity index (χ2v) is 9.21. The molecule has 0 unspecified atom stereocenters. The molecule has 4 rings (SSSR count). The van der Waals surface area contributed by atoms with Crippen molar-refractivity contribution >= 4 is 11.8 Å². The molecule has 2 aliphatic heterocycles. The molecule has 1 atom stereocenters. The van der Waals surface area contributed by atoms with Crippen molar-refractivity contribution in [1.82, 2.24) is 9.80 Å². The zero-order valence-electron chi connectivity index (χ0n) is 19.4. The van der Waals surface area contributed by atoms with Gasteiger partial charge >= 0.3 is 0 Å². The molecule has 8 heteroatoms. The maximum atomic E-state index is 14.1. The van der Waals surface area contributed by atoms with Gasteiger partial charge in [-0.05, 0) is 61.7 Å². The molecule has 0 aromatic heterocycles. The van der Waals surface area contributed by atoms with Crippen LogP contribution in [0.1, 0.15) is 35.2 Å². The van der Waals surface area contributed by atoms with E-state index in [1.807, 2.05) is 0 Å². The standard InChI is InChI=1S/C26H30F2N2O4/c1-19-3-4-20(15-23(19)28)25(32)30-10-2-9-26(17-30,16-24(31)29-11-13-33-14-12-29)18-34-22-7-5-21(27)6-8-22/h3-8,15H,2,9-14,16-18H2,1H3/t26-/m0/s1. The van der Waals surface area contributed by atoms with Gasteiger partial charge in [0.2, 0.25) is 5.91 Å². The van der Waals surface area contributed by atoms with Crippen LogP contribution >= 0.6 is 0 Å². The van der Waals surface area contributed by atoms with Gasteiger partial charge in [0.15, 0.2) is 0 Å². The Labute approximate surface area is 198 Å². The van der Waals surface area contributed by atoms with Crippen LogP contribution in [0.5, 0.6) is 5.75 Å². The van der Waals surface area contributed by atoms with Crippen LogP contribution < -0.4 is 4.74 Å². The van der Waals surface area contributed by atoms with Gasteiger partial charge in [0.05, 0.1) is 19.8 Å². The lowest BCUT2D eigenvalue weighted by Gasteiger charge is -2.43. The highest BCUT2D eigenvalue weighted by atomic mass is 19.1. The van der Waals surface area contributed by atoms with Crippen LogP contribution in [0.25, 0.3) is 0 Å². The van der Waals surface area contributed by atoms with E-state index < -0.39 is 11.2 Å². The Hall–Kier alpha value is -3.00. The van der Waals surface area contributed by atoms with Crippen molar-refractivity contribution in [3.8, 4) is 5.75 Å². The molecule has 34 heavy (non-hydrogen) atoms. The summed E-state index contributed by atoms with van der Waals surface area (Å²) in [5.41, 5.74) is 0.159. The van der Waals surface area contributed by atoms with Gasteiger partial charge in [-0.3, -0.25) is 9.59 Å². The minimum absolute atomic E-state index is 0.00156.